The summed E-state index contributed by atoms with van der Waals surface area (Å²) in [5, 5.41) is 0. The second kappa shape index (κ2) is 7.18. The average molecular weight is 401 g/mol. The molecular formula is C20H24N4O3S. The third kappa shape index (κ3) is 3.49. The highest BCUT2D eigenvalue weighted by molar-refractivity contribution is 7.90. The van der Waals surface area contributed by atoms with E-state index in [9.17, 15) is 13.2 Å². The molecule has 1 aromatic carbocycles. The molecule has 8 heteroatoms. The van der Waals surface area contributed by atoms with Crippen molar-refractivity contribution in [2.75, 3.05) is 20.1 Å². The van der Waals surface area contributed by atoms with Gasteiger partial charge in [0.05, 0.1) is 0 Å². The van der Waals surface area contributed by atoms with Gasteiger partial charge >= 0.3 is 0 Å². The van der Waals surface area contributed by atoms with Gasteiger partial charge in [0.15, 0.2) is 5.84 Å². The monoisotopic (exact) mass is 400 g/mol. The minimum Gasteiger partial charge on any atom is -0.355 e. The highest BCUT2D eigenvalue weighted by atomic mass is 32.2. The fraction of sp³-hybridized carbons (Fsp3) is 0.400. The molecule has 148 valence electrons. The van der Waals surface area contributed by atoms with E-state index in [4.69, 9.17) is 0 Å². The lowest BCUT2D eigenvalue weighted by Gasteiger charge is -2.37. The number of rotatable bonds is 3. The number of aryl methyl sites for hydroxylation is 1. The molecule has 0 aliphatic carbocycles. The average Bonchev–Trinajstić information content (AvgIpc) is 2.96. The van der Waals surface area contributed by atoms with Crippen molar-refractivity contribution in [3.63, 3.8) is 0 Å². The van der Waals surface area contributed by atoms with E-state index in [1.54, 1.807) is 36.0 Å². The largest absolute Gasteiger partial charge is 0.355 e. The predicted molar refractivity (Wildman–Crippen MR) is 108 cm³/mol. The Morgan fingerprint density at radius 2 is 1.89 bits per heavy atom. The van der Waals surface area contributed by atoms with Gasteiger partial charge in [-0.15, -0.1) is 4.40 Å². The van der Waals surface area contributed by atoms with Crippen LogP contribution < -0.4 is 5.56 Å². The number of hydrogen-bond acceptors (Lipinski definition) is 5. The fourth-order valence-corrected chi connectivity index (χ4v) is 5.17. The first-order valence-electron chi connectivity index (χ1n) is 9.40. The molecule has 4 rings (SSSR count). The van der Waals surface area contributed by atoms with Gasteiger partial charge < -0.3 is 9.47 Å². The van der Waals surface area contributed by atoms with Gasteiger partial charge in [0, 0.05) is 57.6 Å². The fourth-order valence-electron chi connectivity index (χ4n) is 3.93. The molecule has 0 spiro atoms. The maximum absolute atomic E-state index is 12.3. The maximum atomic E-state index is 12.3. The topological polar surface area (TPSA) is 75.0 Å². The molecule has 2 aliphatic heterocycles. The van der Waals surface area contributed by atoms with Crippen LogP contribution in [-0.2, 0) is 23.6 Å². The van der Waals surface area contributed by atoms with Crippen molar-refractivity contribution in [2.45, 2.75) is 30.3 Å². The molecular weight excluding hydrogens is 376 g/mol. The molecule has 1 fully saturated rings. The normalized spacial score (nSPS) is 19.3. The Morgan fingerprint density at radius 3 is 2.61 bits per heavy atom. The summed E-state index contributed by atoms with van der Waals surface area (Å²) in [7, 11) is 0.0826. The van der Waals surface area contributed by atoms with Gasteiger partial charge in [-0.25, -0.2) is 0 Å². The number of sulfonamides is 1. The smallest absolute Gasteiger partial charge is 0.285 e. The van der Waals surface area contributed by atoms with Crippen molar-refractivity contribution in [3.05, 3.63) is 64.1 Å². The van der Waals surface area contributed by atoms with E-state index < -0.39 is 10.0 Å². The number of likely N-dealkylation sites (tertiary alicyclic amines) is 1. The van der Waals surface area contributed by atoms with Gasteiger partial charge in [-0.05, 0) is 36.6 Å². The lowest BCUT2D eigenvalue weighted by Crippen LogP contribution is -2.45. The summed E-state index contributed by atoms with van der Waals surface area (Å²) in [6, 6.07) is 10.9. The quantitative estimate of drug-likeness (QED) is 0.779. The number of fused-ring (bicyclic) bond motifs is 1. The zero-order chi connectivity index (χ0) is 19.9. The molecule has 0 N–H and O–H groups in total. The number of aromatic nitrogens is 1. The van der Waals surface area contributed by atoms with Crippen molar-refractivity contribution in [3.8, 4) is 0 Å². The molecule has 1 saturated heterocycles. The molecule has 1 aromatic heterocycles. The van der Waals surface area contributed by atoms with Crippen molar-refractivity contribution in [1.82, 2.24) is 14.4 Å². The van der Waals surface area contributed by atoms with Crippen LogP contribution in [0.5, 0.6) is 0 Å². The van der Waals surface area contributed by atoms with Crippen molar-refractivity contribution in [2.24, 2.45) is 11.4 Å². The minimum absolute atomic E-state index is 0.00578. The van der Waals surface area contributed by atoms with Crippen LogP contribution >= 0.6 is 0 Å². The van der Waals surface area contributed by atoms with E-state index in [0.717, 1.165) is 38.0 Å². The van der Waals surface area contributed by atoms with Crippen LogP contribution in [0, 0.1) is 0 Å². The number of piperidine rings is 1. The van der Waals surface area contributed by atoms with Gasteiger partial charge in [-0.2, -0.15) is 8.42 Å². The van der Waals surface area contributed by atoms with E-state index in [1.807, 2.05) is 30.1 Å². The molecule has 7 nitrogen and oxygen atoms in total. The number of pyridine rings is 1. The number of nitrogens with zero attached hydrogens (tertiary/aromatic N) is 4. The van der Waals surface area contributed by atoms with E-state index in [-0.39, 0.29) is 11.6 Å². The van der Waals surface area contributed by atoms with E-state index in [1.165, 1.54) is 0 Å². The van der Waals surface area contributed by atoms with Crippen LogP contribution in [-0.4, -0.2) is 54.8 Å². The van der Waals surface area contributed by atoms with Crippen molar-refractivity contribution < 1.29 is 8.42 Å². The van der Waals surface area contributed by atoms with Gasteiger partial charge in [0.25, 0.3) is 15.6 Å². The van der Waals surface area contributed by atoms with Gasteiger partial charge in [-0.3, -0.25) is 9.69 Å². The van der Waals surface area contributed by atoms with E-state index >= 15 is 0 Å². The highest BCUT2D eigenvalue weighted by Gasteiger charge is 2.33. The Labute approximate surface area is 165 Å². The second-order valence-electron chi connectivity index (χ2n) is 7.49. The summed E-state index contributed by atoms with van der Waals surface area (Å²) in [6.45, 7) is 2.54. The lowest BCUT2D eigenvalue weighted by molar-refractivity contribution is 0.160. The number of benzene rings is 1. The Morgan fingerprint density at radius 1 is 1.18 bits per heavy atom. The SMILES string of the molecule is CN(C1=NS(=O)(=O)c2ccccc21)C1CCN(Cc2ccn(C)c(=O)c2)CC1. The highest BCUT2D eigenvalue weighted by Crippen LogP contribution is 2.29. The first kappa shape index (κ1) is 18.9. The molecule has 0 amide bonds. The molecule has 2 aliphatic rings. The zero-order valence-electron chi connectivity index (χ0n) is 16.1. The third-order valence-corrected chi connectivity index (χ3v) is 6.95. The molecule has 0 saturated carbocycles. The van der Waals surface area contributed by atoms with E-state index in [2.05, 4.69) is 9.30 Å². The molecule has 28 heavy (non-hydrogen) atoms. The van der Waals surface area contributed by atoms with Crippen LogP contribution in [0.3, 0.4) is 0 Å². The van der Waals surface area contributed by atoms with Crippen molar-refractivity contribution in [1.29, 1.82) is 0 Å². The van der Waals surface area contributed by atoms with Gasteiger partial charge in [0.1, 0.15) is 4.90 Å². The summed E-state index contributed by atoms with van der Waals surface area (Å²) >= 11 is 0. The Bertz CT molecular complexity index is 1080. The molecule has 0 atom stereocenters. The van der Waals surface area contributed by atoms with Crippen LogP contribution in [0.4, 0.5) is 0 Å². The van der Waals surface area contributed by atoms with Crippen LogP contribution in [0.1, 0.15) is 24.0 Å². The summed E-state index contributed by atoms with van der Waals surface area (Å²) in [4.78, 5) is 16.4. The van der Waals surface area contributed by atoms with Gasteiger partial charge in [0.2, 0.25) is 0 Å². The second-order valence-corrected chi connectivity index (χ2v) is 9.06. The Kier molecular flexibility index (Phi) is 4.84. The Hall–Kier alpha value is -2.45. The first-order valence-corrected chi connectivity index (χ1v) is 10.8. The summed E-state index contributed by atoms with van der Waals surface area (Å²) in [5.41, 5.74) is 1.72. The molecule has 3 heterocycles. The van der Waals surface area contributed by atoms with Crippen LogP contribution in [0.15, 0.2) is 56.7 Å². The number of amidine groups is 1. The predicted octanol–water partition coefficient (Wildman–Crippen LogP) is 1.43. The van der Waals surface area contributed by atoms with Crippen LogP contribution in [0.2, 0.25) is 0 Å². The van der Waals surface area contributed by atoms with Gasteiger partial charge in [-0.1, -0.05) is 12.1 Å². The summed E-state index contributed by atoms with van der Waals surface area (Å²) in [6.07, 6.45) is 3.64. The standard InChI is InChI=1S/C20H24N4O3S/c1-22-10-7-15(13-19(22)25)14-24-11-8-16(9-12-24)23(2)20-17-5-3-4-6-18(17)28(26,27)21-20/h3-7,10,13,16H,8-9,11-12,14H2,1-2H3. The summed E-state index contributed by atoms with van der Waals surface area (Å²) < 4.78 is 30.2. The minimum atomic E-state index is -3.59. The summed E-state index contributed by atoms with van der Waals surface area (Å²) in [5.74, 6) is 0.542. The maximum Gasteiger partial charge on any atom is 0.285 e. The molecule has 0 unspecified atom stereocenters. The lowest BCUT2D eigenvalue weighted by atomic mass is 10.0. The zero-order valence-corrected chi connectivity index (χ0v) is 16.9. The first-order chi connectivity index (χ1) is 13.3. The molecule has 2 aromatic rings. The Balaban J connectivity index is 1.43. The molecule has 0 bridgehead atoms. The van der Waals surface area contributed by atoms with E-state index in [0.29, 0.717) is 16.3 Å². The van der Waals surface area contributed by atoms with Crippen molar-refractivity contribution >= 4 is 15.9 Å². The molecule has 0 radical (unpaired) electrons. The number of hydrogen-bond donors (Lipinski definition) is 0. The third-order valence-electron chi connectivity index (χ3n) is 5.63. The van der Waals surface area contributed by atoms with Crippen LogP contribution in [0.25, 0.3) is 0 Å².